The molecule has 0 radical (unpaired) electrons. The molecule has 7 nitrogen and oxygen atoms in total. The van der Waals surface area contributed by atoms with E-state index < -0.39 is 65.7 Å². The number of aliphatic hydroxyl groups is 2. The number of nitrogens with zero attached hydrogens (tertiary/aromatic N) is 1. The van der Waals surface area contributed by atoms with E-state index in [9.17, 15) is 31.9 Å². The van der Waals surface area contributed by atoms with Crippen molar-refractivity contribution in [2.75, 3.05) is 19.0 Å². The number of carbonyl (C=O) groups is 1. The molecule has 1 aliphatic rings. The fourth-order valence-corrected chi connectivity index (χ4v) is 4.02. The molecule has 1 amide bonds. The number of carbonyl (C=O) groups excluding carboxylic acids is 1. The smallest absolute Gasteiger partial charge is 0.417 e. The Morgan fingerprint density at radius 3 is 2.50 bits per heavy atom. The number of ether oxygens (including phenoxy) is 2. The number of anilines is 1. The van der Waals surface area contributed by atoms with Crippen LogP contribution < -0.4 is 10.1 Å². The highest BCUT2D eigenvalue weighted by molar-refractivity contribution is 5.95. The lowest BCUT2D eigenvalue weighted by molar-refractivity contribution is -0.272. The van der Waals surface area contributed by atoms with Gasteiger partial charge in [0.25, 0.3) is 5.91 Å². The molecule has 186 valence electrons. The molecular weight excluding hydrogens is 467 g/mol. The Morgan fingerprint density at radius 2 is 1.97 bits per heavy atom. The van der Waals surface area contributed by atoms with Gasteiger partial charge in [-0.2, -0.15) is 17.6 Å². The molecule has 1 aromatic carbocycles. The summed E-state index contributed by atoms with van der Waals surface area (Å²) >= 11 is 0. The molecule has 0 bridgehead atoms. The van der Waals surface area contributed by atoms with Crippen LogP contribution in [0.5, 0.6) is 5.75 Å². The van der Waals surface area contributed by atoms with Gasteiger partial charge in [-0.1, -0.05) is 13.0 Å². The molecule has 0 unspecified atom stereocenters. The maximum Gasteiger partial charge on any atom is 0.417 e. The van der Waals surface area contributed by atoms with Gasteiger partial charge < -0.3 is 25.0 Å². The van der Waals surface area contributed by atoms with E-state index in [-0.39, 0.29) is 16.9 Å². The Kier molecular flexibility index (Phi) is 7.15. The van der Waals surface area contributed by atoms with Crippen molar-refractivity contribution in [2.45, 2.75) is 43.8 Å². The fraction of sp³-hybridized carbons (Fsp3) is 0.455. The molecule has 34 heavy (non-hydrogen) atoms. The van der Waals surface area contributed by atoms with Crippen LogP contribution in [0, 0.1) is 17.6 Å². The van der Waals surface area contributed by atoms with Crippen LogP contribution in [0.25, 0.3) is 0 Å². The van der Waals surface area contributed by atoms with E-state index in [0.29, 0.717) is 0 Å². The van der Waals surface area contributed by atoms with Gasteiger partial charge in [-0.3, -0.25) is 9.78 Å². The maximum absolute atomic E-state index is 14.4. The van der Waals surface area contributed by atoms with Crippen LogP contribution >= 0.6 is 0 Å². The minimum absolute atomic E-state index is 0.0757. The molecule has 3 rings (SSSR count). The average Bonchev–Trinajstić information content (AvgIpc) is 3.07. The van der Waals surface area contributed by atoms with Crippen molar-refractivity contribution in [3.63, 3.8) is 0 Å². The van der Waals surface area contributed by atoms with Gasteiger partial charge >= 0.3 is 6.18 Å². The van der Waals surface area contributed by atoms with Gasteiger partial charge in [0.1, 0.15) is 12.2 Å². The minimum Gasteiger partial charge on any atom is -0.493 e. The molecule has 0 spiro atoms. The molecule has 5 atom stereocenters. The predicted octanol–water partition coefficient (Wildman–Crippen LogP) is 3.47. The molecule has 1 fully saturated rings. The molecule has 1 aromatic heterocycles. The number of amides is 1. The quantitative estimate of drug-likeness (QED) is 0.537. The van der Waals surface area contributed by atoms with Crippen LogP contribution in [0.4, 0.5) is 27.6 Å². The third-order valence-electron chi connectivity index (χ3n) is 6.14. The lowest BCUT2D eigenvalue weighted by Gasteiger charge is -2.32. The SMILES string of the molecule is COc1c([C@@H]2[C@@H](C(=O)Nc3ccc([C@H](O)CO)nc3)O[C@](C)(C(F)(F)F)[C@@H]2C)ccc(F)c1F. The van der Waals surface area contributed by atoms with E-state index in [2.05, 4.69) is 10.3 Å². The van der Waals surface area contributed by atoms with Gasteiger partial charge in [0, 0.05) is 17.4 Å². The number of aliphatic hydroxyl groups excluding tert-OH is 2. The Balaban J connectivity index is 2.01. The third kappa shape index (κ3) is 4.44. The summed E-state index contributed by atoms with van der Waals surface area (Å²) < 4.78 is 80.2. The van der Waals surface area contributed by atoms with Crippen LogP contribution in [-0.4, -0.2) is 52.7 Å². The lowest BCUT2D eigenvalue weighted by Crippen LogP contribution is -2.47. The molecule has 2 aromatic rings. The highest BCUT2D eigenvalue weighted by atomic mass is 19.4. The number of halogens is 5. The maximum atomic E-state index is 14.4. The fourth-order valence-electron chi connectivity index (χ4n) is 4.02. The largest absolute Gasteiger partial charge is 0.493 e. The highest BCUT2D eigenvalue weighted by Gasteiger charge is 2.65. The van der Waals surface area contributed by atoms with E-state index in [1.807, 2.05) is 0 Å². The number of hydrogen-bond donors (Lipinski definition) is 3. The molecule has 2 heterocycles. The molecule has 1 aliphatic heterocycles. The number of alkyl halides is 3. The second kappa shape index (κ2) is 9.43. The van der Waals surface area contributed by atoms with E-state index >= 15 is 0 Å². The summed E-state index contributed by atoms with van der Waals surface area (Å²) in [6.07, 6.45) is -6.74. The Morgan fingerprint density at radius 1 is 1.29 bits per heavy atom. The summed E-state index contributed by atoms with van der Waals surface area (Å²) in [4.78, 5) is 16.9. The van der Waals surface area contributed by atoms with Gasteiger partial charge in [0.15, 0.2) is 17.2 Å². The molecule has 1 saturated heterocycles. The van der Waals surface area contributed by atoms with Crippen molar-refractivity contribution in [1.82, 2.24) is 4.98 Å². The summed E-state index contributed by atoms with van der Waals surface area (Å²) in [7, 11) is 1.04. The van der Waals surface area contributed by atoms with E-state index in [4.69, 9.17) is 14.6 Å². The Labute approximate surface area is 191 Å². The van der Waals surface area contributed by atoms with Crippen molar-refractivity contribution in [3.8, 4) is 5.75 Å². The highest BCUT2D eigenvalue weighted by Crippen LogP contribution is 2.55. The summed E-state index contributed by atoms with van der Waals surface area (Å²) in [6.45, 7) is 1.41. The summed E-state index contributed by atoms with van der Waals surface area (Å²) in [5, 5.41) is 21.0. The summed E-state index contributed by atoms with van der Waals surface area (Å²) in [5.74, 6) is -6.98. The normalized spacial score (nSPS) is 25.8. The molecule has 12 heteroatoms. The summed E-state index contributed by atoms with van der Waals surface area (Å²) in [5.41, 5.74) is -2.74. The number of nitrogens with one attached hydrogen (secondary N) is 1. The van der Waals surface area contributed by atoms with Crippen LogP contribution in [0.1, 0.15) is 37.1 Å². The number of methoxy groups -OCH3 is 1. The zero-order chi connectivity index (χ0) is 25.4. The van der Waals surface area contributed by atoms with Crippen LogP contribution in [-0.2, 0) is 9.53 Å². The van der Waals surface area contributed by atoms with Crippen molar-refractivity contribution in [1.29, 1.82) is 0 Å². The van der Waals surface area contributed by atoms with Gasteiger partial charge in [0.05, 0.1) is 31.3 Å². The van der Waals surface area contributed by atoms with Gasteiger partial charge in [-0.05, 0) is 25.1 Å². The average molecular weight is 490 g/mol. The molecular formula is C22H23F5N2O5. The topological polar surface area (TPSA) is 101 Å². The monoisotopic (exact) mass is 490 g/mol. The lowest BCUT2D eigenvalue weighted by atomic mass is 9.77. The van der Waals surface area contributed by atoms with Crippen LogP contribution in [0.2, 0.25) is 0 Å². The minimum atomic E-state index is -4.88. The molecule has 0 aliphatic carbocycles. The third-order valence-corrected chi connectivity index (χ3v) is 6.14. The first-order chi connectivity index (χ1) is 15.9. The first-order valence-electron chi connectivity index (χ1n) is 10.2. The van der Waals surface area contributed by atoms with Gasteiger partial charge in [-0.15, -0.1) is 0 Å². The van der Waals surface area contributed by atoms with Crippen LogP contribution in [0.15, 0.2) is 30.5 Å². The Bertz CT molecular complexity index is 1050. The van der Waals surface area contributed by atoms with Crippen molar-refractivity contribution >= 4 is 11.6 Å². The first-order valence-corrected chi connectivity index (χ1v) is 10.2. The number of hydrogen-bond acceptors (Lipinski definition) is 6. The second-order valence-electron chi connectivity index (χ2n) is 8.10. The van der Waals surface area contributed by atoms with Gasteiger partial charge in [-0.25, -0.2) is 4.39 Å². The first kappa shape index (κ1) is 25.8. The molecule has 0 saturated carbocycles. The van der Waals surface area contributed by atoms with Crippen molar-refractivity contribution in [3.05, 3.63) is 53.4 Å². The predicted molar refractivity (Wildman–Crippen MR) is 109 cm³/mol. The number of aromatic nitrogens is 1. The number of benzene rings is 1. The number of rotatable bonds is 6. The number of pyridine rings is 1. The standard InChI is InChI=1S/C22H23F5N2O5/c1-10-16(12-5-6-13(23)17(24)18(12)33-3)19(34-21(10,2)22(25,26)27)20(32)29-11-4-7-14(28-8-11)15(31)9-30/h4-8,10,15-16,19,30-31H,9H2,1-3H3,(H,29,32)/t10-,15-,16-,19+,21+/m1/s1. The van der Waals surface area contributed by atoms with Crippen LogP contribution in [0.3, 0.4) is 0 Å². The van der Waals surface area contributed by atoms with Crippen molar-refractivity contribution in [2.24, 2.45) is 5.92 Å². The van der Waals surface area contributed by atoms with E-state index in [1.165, 1.54) is 19.1 Å². The Hall–Kier alpha value is -2.83. The zero-order valence-electron chi connectivity index (χ0n) is 18.4. The second-order valence-corrected chi connectivity index (χ2v) is 8.10. The molecule has 3 N–H and O–H groups in total. The zero-order valence-corrected chi connectivity index (χ0v) is 18.4. The van der Waals surface area contributed by atoms with E-state index in [0.717, 1.165) is 32.4 Å². The van der Waals surface area contributed by atoms with Gasteiger partial charge in [0.2, 0.25) is 5.82 Å². The summed E-state index contributed by atoms with van der Waals surface area (Å²) in [6, 6.07) is 4.45. The van der Waals surface area contributed by atoms with Crippen molar-refractivity contribution < 1.29 is 46.4 Å². The van der Waals surface area contributed by atoms with E-state index in [1.54, 1.807) is 0 Å².